The second-order valence-corrected chi connectivity index (χ2v) is 7.35. The Balaban J connectivity index is 1.43. The first kappa shape index (κ1) is 18.3. The first-order chi connectivity index (χ1) is 12.2. The molecule has 138 valence electrons. The molecule has 1 aromatic rings. The Morgan fingerprint density at radius 1 is 1.36 bits per heavy atom. The van der Waals surface area contributed by atoms with Gasteiger partial charge in [0, 0.05) is 32.2 Å². The van der Waals surface area contributed by atoms with Gasteiger partial charge in [0.2, 0.25) is 5.91 Å². The highest BCUT2D eigenvalue weighted by Crippen LogP contribution is 2.26. The third-order valence-electron chi connectivity index (χ3n) is 5.34. The fourth-order valence-corrected chi connectivity index (χ4v) is 3.81. The minimum Gasteiger partial charge on any atom is -0.355 e. The second-order valence-electron chi connectivity index (χ2n) is 7.35. The van der Waals surface area contributed by atoms with Crippen LogP contribution in [0.1, 0.15) is 38.2 Å². The van der Waals surface area contributed by atoms with Gasteiger partial charge in [-0.25, -0.2) is 4.39 Å². The average Bonchev–Trinajstić information content (AvgIpc) is 3.44. The highest BCUT2D eigenvalue weighted by molar-refractivity contribution is 5.78. The lowest BCUT2D eigenvalue weighted by molar-refractivity contribution is -0.126. The Labute approximate surface area is 150 Å². The summed E-state index contributed by atoms with van der Waals surface area (Å²) in [5.74, 6) is 0.0362. The van der Waals surface area contributed by atoms with Crippen LogP contribution in [0.3, 0.4) is 0 Å². The second kappa shape index (κ2) is 8.77. The van der Waals surface area contributed by atoms with Crippen molar-refractivity contribution in [3.05, 3.63) is 35.6 Å². The molecule has 0 bridgehead atoms. The normalized spacial score (nSPS) is 21.5. The van der Waals surface area contributed by atoms with E-state index in [1.54, 1.807) is 12.1 Å². The molecular formula is C20H30FN3O. The molecule has 1 aliphatic carbocycles. The Bertz CT molecular complexity index is 576. The molecule has 2 aliphatic rings. The van der Waals surface area contributed by atoms with Gasteiger partial charge in [0.1, 0.15) is 5.82 Å². The minimum atomic E-state index is -0.194. The van der Waals surface area contributed by atoms with Crippen molar-refractivity contribution in [2.45, 2.75) is 45.2 Å². The van der Waals surface area contributed by atoms with Crippen molar-refractivity contribution >= 4 is 5.91 Å². The van der Waals surface area contributed by atoms with Crippen LogP contribution in [0.4, 0.5) is 4.39 Å². The largest absolute Gasteiger partial charge is 0.355 e. The summed E-state index contributed by atoms with van der Waals surface area (Å²) in [4.78, 5) is 17.2. The Kier molecular flexibility index (Phi) is 6.43. The van der Waals surface area contributed by atoms with Crippen molar-refractivity contribution in [1.29, 1.82) is 0 Å². The maximum atomic E-state index is 13.3. The molecule has 1 N–H and O–H groups in total. The van der Waals surface area contributed by atoms with Crippen LogP contribution in [0, 0.1) is 11.7 Å². The molecule has 4 nitrogen and oxygen atoms in total. The van der Waals surface area contributed by atoms with Gasteiger partial charge in [0.25, 0.3) is 0 Å². The van der Waals surface area contributed by atoms with Crippen LogP contribution in [0.2, 0.25) is 0 Å². The maximum absolute atomic E-state index is 13.3. The Hall–Kier alpha value is -1.46. The van der Waals surface area contributed by atoms with E-state index in [4.69, 9.17) is 0 Å². The third-order valence-corrected chi connectivity index (χ3v) is 5.34. The number of nitrogens with one attached hydrogen (secondary N) is 1. The zero-order valence-corrected chi connectivity index (χ0v) is 15.2. The van der Waals surface area contributed by atoms with E-state index in [0.29, 0.717) is 6.54 Å². The number of hydrogen-bond acceptors (Lipinski definition) is 3. The fourth-order valence-electron chi connectivity index (χ4n) is 3.81. The molecule has 1 aliphatic heterocycles. The maximum Gasteiger partial charge on any atom is 0.224 e. The number of carbonyl (C=O) groups excluding carboxylic acids is 1. The molecule has 1 aromatic carbocycles. The molecule has 1 saturated carbocycles. The molecule has 0 spiro atoms. The summed E-state index contributed by atoms with van der Waals surface area (Å²) in [6, 6.07) is 7.50. The lowest BCUT2D eigenvalue weighted by Crippen LogP contribution is -2.44. The highest BCUT2D eigenvalue weighted by Gasteiger charge is 2.28. The van der Waals surface area contributed by atoms with Gasteiger partial charge < -0.3 is 5.32 Å². The average molecular weight is 347 g/mol. The van der Waals surface area contributed by atoms with Gasteiger partial charge in [0.05, 0.1) is 5.92 Å². The highest BCUT2D eigenvalue weighted by atomic mass is 19.1. The number of likely N-dealkylation sites (tertiary alicyclic amines) is 1. The molecule has 1 amide bonds. The van der Waals surface area contributed by atoms with E-state index in [2.05, 4.69) is 22.0 Å². The first-order valence-corrected chi connectivity index (χ1v) is 9.64. The quantitative estimate of drug-likeness (QED) is 0.785. The number of hydrogen-bond donors (Lipinski definition) is 1. The predicted molar refractivity (Wildman–Crippen MR) is 97.7 cm³/mol. The molecule has 1 atom stereocenters. The van der Waals surface area contributed by atoms with Crippen molar-refractivity contribution in [3.63, 3.8) is 0 Å². The molecule has 3 rings (SSSR count). The molecule has 25 heavy (non-hydrogen) atoms. The van der Waals surface area contributed by atoms with Gasteiger partial charge in [-0.15, -0.1) is 0 Å². The van der Waals surface area contributed by atoms with Crippen LogP contribution < -0.4 is 5.32 Å². The number of carbonyl (C=O) groups is 1. The standard InChI is InChI=1S/C20H30FN3O/c1-2-24(19-8-9-19)12-10-22-20(25)17-6-4-11-23(15-17)14-16-5-3-7-18(21)13-16/h3,5,7,13,17,19H,2,4,6,8-12,14-15H2,1H3,(H,22,25). The number of amides is 1. The predicted octanol–water partition coefficient (Wildman–Crippen LogP) is 2.64. The van der Waals surface area contributed by atoms with Crippen molar-refractivity contribution in [1.82, 2.24) is 15.1 Å². The summed E-state index contributed by atoms with van der Waals surface area (Å²) in [6.45, 7) is 7.40. The smallest absolute Gasteiger partial charge is 0.224 e. The molecule has 1 heterocycles. The van der Waals surface area contributed by atoms with E-state index in [0.717, 1.165) is 57.2 Å². The van der Waals surface area contributed by atoms with Crippen LogP contribution in [-0.4, -0.2) is 54.5 Å². The number of benzene rings is 1. The van der Waals surface area contributed by atoms with E-state index in [9.17, 15) is 9.18 Å². The summed E-state index contributed by atoms with van der Waals surface area (Å²) in [5.41, 5.74) is 0.976. The van der Waals surface area contributed by atoms with E-state index < -0.39 is 0 Å². The molecule has 2 fully saturated rings. The third kappa shape index (κ3) is 5.51. The summed E-state index contributed by atoms with van der Waals surface area (Å²) >= 11 is 0. The zero-order valence-electron chi connectivity index (χ0n) is 15.2. The zero-order chi connectivity index (χ0) is 17.6. The Morgan fingerprint density at radius 3 is 2.92 bits per heavy atom. The molecule has 1 unspecified atom stereocenters. The van der Waals surface area contributed by atoms with Crippen molar-refractivity contribution in [2.24, 2.45) is 5.92 Å². The lowest BCUT2D eigenvalue weighted by atomic mass is 9.96. The topological polar surface area (TPSA) is 35.6 Å². The summed E-state index contributed by atoms with van der Waals surface area (Å²) in [5, 5.41) is 3.13. The SMILES string of the molecule is CCN(CCNC(=O)C1CCCN(Cc2cccc(F)c2)C1)C1CC1. The number of likely N-dealkylation sites (N-methyl/N-ethyl adjacent to an activating group) is 1. The summed E-state index contributed by atoms with van der Waals surface area (Å²) in [6.07, 6.45) is 4.58. The number of rotatable bonds is 8. The summed E-state index contributed by atoms with van der Waals surface area (Å²) in [7, 11) is 0. The van der Waals surface area contributed by atoms with Crippen LogP contribution in [0.15, 0.2) is 24.3 Å². The van der Waals surface area contributed by atoms with Crippen molar-refractivity contribution in [2.75, 3.05) is 32.7 Å². The molecule has 1 saturated heterocycles. The fraction of sp³-hybridized carbons (Fsp3) is 0.650. The van der Waals surface area contributed by atoms with Crippen LogP contribution in [-0.2, 0) is 11.3 Å². The first-order valence-electron chi connectivity index (χ1n) is 9.64. The van der Waals surface area contributed by atoms with Gasteiger partial charge in [-0.05, 0) is 56.5 Å². The molecular weight excluding hydrogens is 317 g/mol. The van der Waals surface area contributed by atoms with Gasteiger partial charge in [-0.3, -0.25) is 14.6 Å². The minimum absolute atomic E-state index is 0.0540. The van der Waals surface area contributed by atoms with Crippen LogP contribution >= 0.6 is 0 Å². The van der Waals surface area contributed by atoms with Crippen LogP contribution in [0.5, 0.6) is 0 Å². The Morgan fingerprint density at radius 2 is 2.20 bits per heavy atom. The lowest BCUT2D eigenvalue weighted by Gasteiger charge is -2.32. The summed E-state index contributed by atoms with van der Waals surface area (Å²) < 4.78 is 13.3. The molecule has 5 heteroatoms. The van der Waals surface area contributed by atoms with Gasteiger partial charge in [-0.1, -0.05) is 19.1 Å². The molecule has 0 aromatic heterocycles. The van der Waals surface area contributed by atoms with Crippen LogP contribution in [0.25, 0.3) is 0 Å². The van der Waals surface area contributed by atoms with E-state index in [-0.39, 0.29) is 17.6 Å². The van der Waals surface area contributed by atoms with Gasteiger partial charge in [0.15, 0.2) is 0 Å². The van der Waals surface area contributed by atoms with E-state index in [1.165, 1.54) is 18.9 Å². The monoisotopic (exact) mass is 347 g/mol. The molecule has 0 radical (unpaired) electrons. The van der Waals surface area contributed by atoms with Gasteiger partial charge >= 0.3 is 0 Å². The van der Waals surface area contributed by atoms with E-state index >= 15 is 0 Å². The van der Waals surface area contributed by atoms with Crippen molar-refractivity contribution < 1.29 is 9.18 Å². The van der Waals surface area contributed by atoms with Gasteiger partial charge in [-0.2, -0.15) is 0 Å². The van der Waals surface area contributed by atoms with Crippen molar-refractivity contribution in [3.8, 4) is 0 Å². The van der Waals surface area contributed by atoms with E-state index in [1.807, 2.05) is 6.07 Å². The number of halogens is 1. The number of piperidine rings is 1. The number of nitrogens with zero attached hydrogens (tertiary/aromatic N) is 2.